The molecule has 1 aromatic carbocycles. The van der Waals surface area contributed by atoms with Gasteiger partial charge in [0.2, 0.25) is 10.0 Å². The van der Waals surface area contributed by atoms with Crippen LogP contribution in [0.5, 0.6) is 5.75 Å². The molecule has 1 atom stereocenters. The summed E-state index contributed by atoms with van der Waals surface area (Å²) in [5.74, 6) is -0.140. The van der Waals surface area contributed by atoms with E-state index in [0.29, 0.717) is 0 Å². The standard InChI is InChI=1S/C12H18N2O6S/c1-8(2)11(15)7-13-21(18,19)9-4-5-12(20-3)10(6-9)14(16)17/h4-6,8,11,13,15H,7H2,1-3H3. The van der Waals surface area contributed by atoms with Gasteiger partial charge in [-0.2, -0.15) is 0 Å². The van der Waals surface area contributed by atoms with Gasteiger partial charge in [-0.1, -0.05) is 13.8 Å². The summed E-state index contributed by atoms with van der Waals surface area (Å²) in [6, 6.07) is 3.34. The lowest BCUT2D eigenvalue weighted by molar-refractivity contribution is -0.386. The number of methoxy groups -OCH3 is 1. The van der Waals surface area contributed by atoms with Crippen molar-refractivity contribution in [3.05, 3.63) is 28.3 Å². The van der Waals surface area contributed by atoms with E-state index in [1.165, 1.54) is 19.2 Å². The molecule has 0 amide bonds. The molecule has 21 heavy (non-hydrogen) atoms. The largest absolute Gasteiger partial charge is 0.490 e. The minimum absolute atomic E-state index is 0.0267. The van der Waals surface area contributed by atoms with Crippen LogP contribution < -0.4 is 9.46 Å². The van der Waals surface area contributed by atoms with Gasteiger partial charge in [-0.15, -0.1) is 0 Å². The second kappa shape index (κ2) is 6.83. The number of rotatable bonds is 7. The van der Waals surface area contributed by atoms with Crippen LogP contribution >= 0.6 is 0 Å². The number of benzene rings is 1. The number of hydrogen-bond acceptors (Lipinski definition) is 6. The summed E-state index contributed by atoms with van der Waals surface area (Å²) in [6.07, 6.45) is -0.840. The molecule has 0 radical (unpaired) electrons. The van der Waals surface area contributed by atoms with Crippen molar-refractivity contribution in [3.8, 4) is 5.75 Å². The smallest absolute Gasteiger partial charge is 0.312 e. The van der Waals surface area contributed by atoms with Crippen molar-refractivity contribution >= 4 is 15.7 Å². The van der Waals surface area contributed by atoms with Crippen LogP contribution in [0.2, 0.25) is 0 Å². The van der Waals surface area contributed by atoms with Crippen LogP contribution in [-0.4, -0.2) is 38.2 Å². The molecule has 9 heteroatoms. The highest BCUT2D eigenvalue weighted by molar-refractivity contribution is 7.89. The molecule has 0 bridgehead atoms. The molecule has 118 valence electrons. The summed E-state index contributed by atoms with van der Waals surface area (Å²) in [4.78, 5) is 9.91. The summed E-state index contributed by atoms with van der Waals surface area (Å²) < 4.78 is 31.1. The normalized spacial score (nSPS) is 13.2. The average Bonchev–Trinajstić information content (AvgIpc) is 2.43. The number of nitrogens with one attached hydrogen (secondary N) is 1. The first-order valence-corrected chi connectivity index (χ1v) is 7.67. The molecular formula is C12H18N2O6S. The van der Waals surface area contributed by atoms with Crippen LogP contribution in [0, 0.1) is 16.0 Å². The maximum absolute atomic E-state index is 12.0. The van der Waals surface area contributed by atoms with Crippen LogP contribution in [0.4, 0.5) is 5.69 Å². The number of nitro benzene ring substituents is 1. The Morgan fingerprint density at radius 2 is 2.05 bits per heavy atom. The van der Waals surface area contributed by atoms with Crippen molar-refractivity contribution in [1.82, 2.24) is 4.72 Å². The van der Waals surface area contributed by atoms with Crippen LogP contribution in [0.15, 0.2) is 23.1 Å². The van der Waals surface area contributed by atoms with Crippen LogP contribution in [0.1, 0.15) is 13.8 Å². The van der Waals surface area contributed by atoms with E-state index in [1.807, 2.05) is 0 Å². The number of nitro groups is 1. The first-order chi connectivity index (χ1) is 9.69. The van der Waals surface area contributed by atoms with Crippen molar-refractivity contribution in [2.75, 3.05) is 13.7 Å². The minimum atomic E-state index is -3.94. The predicted octanol–water partition coefficient (Wildman–Crippen LogP) is 0.899. The van der Waals surface area contributed by atoms with Gasteiger partial charge in [-0.25, -0.2) is 13.1 Å². The van der Waals surface area contributed by atoms with Gasteiger partial charge in [0, 0.05) is 12.6 Å². The zero-order chi connectivity index (χ0) is 16.2. The Labute approximate surface area is 122 Å². The van der Waals surface area contributed by atoms with E-state index in [9.17, 15) is 23.6 Å². The molecule has 0 saturated heterocycles. The highest BCUT2D eigenvalue weighted by Crippen LogP contribution is 2.29. The molecule has 0 aromatic heterocycles. The van der Waals surface area contributed by atoms with E-state index >= 15 is 0 Å². The number of ether oxygens (including phenoxy) is 1. The summed E-state index contributed by atoms with van der Waals surface area (Å²) in [5.41, 5.74) is -0.440. The van der Waals surface area contributed by atoms with Gasteiger partial charge in [0.1, 0.15) is 0 Å². The van der Waals surface area contributed by atoms with Gasteiger partial charge in [-0.05, 0) is 18.1 Å². The van der Waals surface area contributed by atoms with E-state index in [-0.39, 0.29) is 23.1 Å². The quantitative estimate of drug-likeness (QED) is 0.569. The summed E-state index contributed by atoms with van der Waals surface area (Å²) >= 11 is 0. The Morgan fingerprint density at radius 3 is 2.52 bits per heavy atom. The molecule has 0 aliphatic carbocycles. The summed E-state index contributed by atoms with van der Waals surface area (Å²) in [5, 5.41) is 20.5. The summed E-state index contributed by atoms with van der Waals surface area (Å²) in [7, 11) is -2.68. The van der Waals surface area contributed by atoms with Gasteiger partial charge in [0.05, 0.1) is 23.0 Å². The third-order valence-electron chi connectivity index (χ3n) is 2.91. The van der Waals surface area contributed by atoms with E-state index in [2.05, 4.69) is 4.72 Å². The molecule has 1 unspecified atom stereocenters. The monoisotopic (exact) mass is 318 g/mol. The highest BCUT2D eigenvalue weighted by Gasteiger charge is 2.23. The van der Waals surface area contributed by atoms with E-state index in [1.54, 1.807) is 13.8 Å². The van der Waals surface area contributed by atoms with Gasteiger partial charge in [0.15, 0.2) is 5.75 Å². The molecule has 2 N–H and O–H groups in total. The number of aliphatic hydroxyl groups excluding tert-OH is 1. The lowest BCUT2D eigenvalue weighted by Gasteiger charge is -2.15. The molecule has 0 aliphatic heterocycles. The summed E-state index contributed by atoms with van der Waals surface area (Å²) in [6.45, 7) is 3.33. The topological polar surface area (TPSA) is 119 Å². The highest BCUT2D eigenvalue weighted by atomic mass is 32.2. The second-order valence-corrected chi connectivity index (χ2v) is 6.52. The van der Waals surface area contributed by atoms with Gasteiger partial charge in [0.25, 0.3) is 0 Å². The van der Waals surface area contributed by atoms with Crippen LogP contribution in [0.25, 0.3) is 0 Å². The van der Waals surface area contributed by atoms with E-state index in [0.717, 1.165) is 6.07 Å². The van der Waals surface area contributed by atoms with Crippen molar-refractivity contribution in [2.45, 2.75) is 24.8 Å². The molecule has 8 nitrogen and oxygen atoms in total. The number of hydrogen-bond donors (Lipinski definition) is 2. The van der Waals surface area contributed by atoms with Crippen molar-refractivity contribution in [1.29, 1.82) is 0 Å². The SMILES string of the molecule is COc1ccc(S(=O)(=O)NCC(O)C(C)C)cc1[N+](=O)[O-]. The fourth-order valence-electron chi connectivity index (χ4n) is 1.49. The lowest BCUT2D eigenvalue weighted by atomic mass is 10.1. The Bertz CT molecular complexity index is 614. The third kappa shape index (κ3) is 4.38. The molecule has 0 saturated carbocycles. The Kier molecular flexibility index (Phi) is 5.64. The Morgan fingerprint density at radius 1 is 1.43 bits per heavy atom. The first-order valence-electron chi connectivity index (χ1n) is 6.19. The molecular weight excluding hydrogens is 300 g/mol. The van der Waals surface area contributed by atoms with Crippen LogP contribution in [0.3, 0.4) is 0 Å². The lowest BCUT2D eigenvalue weighted by Crippen LogP contribution is -2.34. The number of sulfonamides is 1. The van der Waals surface area contributed by atoms with Crippen molar-refractivity contribution in [3.63, 3.8) is 0 Å². The molecule has 0 heterocycles. The molecule has 0 fully saturated rings. The Balaban J connectivity index is 3.04. The maximum Gasteiger partial charge on any atom is 0.312 e. The molecule has 0 spiro atoms. The molecule has 1 rings (SSSR count). The fraction of sp³-hybridized carbons (Fsp3) is 0.500. The Hall–Kier alpha value is -1.71. The van der Waals surface area contributed by atoms with E-state index in [4.69, 9.17) is 4.74 Å². The van der Waals surface area contributed by atoms with Crippen molar-refractivity contribution < 1.29 is 23.2 Å². The number of nitrogens with zero attached hydrogens (tertiary/aromatic N) is 1. The fourth-order valence-corrected chi connectivity index (χ4v) is 2.56. The molecule has 0 aliphatic rings. The third-order valence-corrected chi connectivity index (χ3v) is 4.33. The maximum atomic E-state index is 12.0. The van der Waals surface area contributed by atoms with Crippen LogP contribution in [-0.2, 0) is 10.0 Å². The van der Waals surface area contributed by atoms with E-state index < -0.39 is 26.7 Å². The minimum Gasteiger partial charge on any atom is -0.490 e. The average molecular weight is 318 g/mol. The first kappa shape index (κ1) is 17.3. The van der Waals surface area contributed by atoms with Gasteiger partial charge < -0.3 is 9.84 Å². The predicted molar refractivity (Wildman–Crippen MR) is 75.7 cm³/mol. The second-order valence-electron chi connectivity index (χ2n) is 4.75. The molecule has 1 aromatic rings. The zero-order valence-electron chi connectivity index (χ0n) is 11.9. The van der Waals surface area contributed by atoms with Crippen molar-refractivity contribution in [2.24, 2.45) is 5.92 Å². The van der Waals surface area contributed by atoms with Gasteiger partial charge in [-0.3, -0.25) is 10.1 Å². The number of aliphatic hydroxyl groups is 1. The zero-order valence-corrected chi connectivity index (χ0v) is 12.8. The van der Waals surface area contributed by atoms with Gasteiger partial charge >= 0.3 is 5.69 Å².